The second-order valence-corrected chi connectivity index (χ2v) is 12.8. The van der Waals surface area contributed by atoms with E-state index in [0.717, 1.165) is 36.3 Å². The van der Waals surface area contributed by atoms with E-state index in [2.05, 4.69) is 15.4 Å². The van der Waals surface area contributed by atoms with Gasteiger partial charge in [0.2, 0.25) is 11.8 Å². The van der Waals surface area contributed by atoms with Crippen LogP contribution >= 0.6 is 0 Å². The second-order valence-electron chi connectivity index (χ2n) is 10.5. The van der Waals surface area contributed by atoms with E-state index in [1.807, 2.05) is 0 Å². The third-order valence-corrected chi connectivity index (χ3v) is 9.58. The Morgan fingerprint density at radius 3 is 2.36 bits per heavy atom. The van der Waals surface area contributed by atoms with Crippen molar-refractivity contribution >= 4 is 45.1 Å². The first kappa shape index (κ1) is 34.6. The minimum absolute atomic E-state index is 0.0635. The lowest BCUT2D eigenvalue weighted by Crippen LogP contribution is -2.40. The molecule has 1 aliphatic rings. The van der Waals surface area contributed by atoms with Gasteiger partial charge in [0.25, 0.3) is 0 Å². The normalized spacial score (nSPS) is 16.7. The molecule has 5 N–H and O–H groups in total. The molecule has 47 heavy (non-hydrogen) atoms. The van der Waals surface area contributed by atoms with Gasteiger partial charge >= 0.3 is 12.1 Å². The number of ether oxygens (including phenoxy) is 2. The Balaban J connectivity index is 1.92. The number of nitrogens with one attached hydrogen (secondary N) is 2. The quantitative estimate of drug-likeness (QED) is 0.232. The van der Waals surface area contributed by atoms with Crippen LogP contribution in [0, 0.1) is 17.6 Å². The molecule has 0 bridgehead atoms. The van der Waals surface area contributed by atoms with Crippen LogP contribution in [-0.4, -0.2) is 68.8 Å². The fourth-order valence-electron chi connectivity index (χ4n) is 5.40. The Morgan fingerprint density at radius 1 is 1.04 bits per heavy atom. The predicted octanol–water partition coefficient (Wildman–Crippen LogP) is 3.87. The number of carboxylic acids is 1. The van der Waals surface area contributed by atoms with Crippen molar-refractivity contribution in [2.75, 3.05) is 37.2 Å². The van der Waals surface area contributed by atoms with Crippen molar-refractivity contribution in [3.8, 4) is 5.75 Å². The molecule has 3 aromatic rings. The van der Waals surface area contributed by atoms with Crippen LogP contribution in [0.4, 0.5) is 25.0 Å². The average Bonchev–Trinajstić information content (AvgIpc) is 3.50. The van der Waals surface area contributed by atoms with Gasteiger partial charge in [0.05, 0.1) is 42.5 Å². The van der Waals surface area contributed by atoms with Crippen molar-refractivity contribution in [1.82, 2.24) is 4.90 Å². The first-order chi connectivity index (χ1) is 22.2. The SMILES string of the molecule is CCS(=O)(=O)c1ccc(NC(=O)OC)cc1[C@@H]1[C@@H](C(=O)O)CCN1C(=O)[C@H](Nc1cc(C(N)=O)ccc1F)c1ccc(F)c(OC)c1. The molecule has 0 saturated carbocycles. The molecule has 0 unspecified atom stereocenters. The number of hydrogen-bond donors (Lipinski definition) is 4. The molecule has 3 amide bonds. The first-order valence-electron chi connectivity index (χ1n) is 14.2. The van der Waals surface area contributed by atoms with Crippen LogP contribution in [0.2, 0.25) is 0 Å². The Hall–Kier alpha value is -5.25. The zero-order valence-electron chi connectivity index (χ0n) is 25.5. The van der Waals surface area contributed by atoms with Crippen LogP contribution in [0.5, 0.6) is 5.75 Å². The van der Waals surface area contributed by atoms with Gasteiger partial charge in [0, 0.05) is 17.8 Å². The summed E-state index contributed by atoms with van der Waals surface area (Å²) in [6.07, 6.45) is -0.984. The Morgan fingerprint density at radius 2 is 1.74 bits per heavy atom. The van der Waals surface area contributed by atoms with Gasteiger partial charge in [-0.15, -0.1) is 0 Å². The number of likely N-dealkylation sites (tertiary alicyclic amines) is 1. The van der Waals surface area contributed by atoms with Crippen LogP contribution < -0.4 is 21.1 Å². The monoisotopic (exact) mass is 674 g/mol. The van der Waals surface area contributed by atoms with E-state index >= 15 is 4.39 Å². The number of carbonyl (C=O) groups is 4. The lowest BCUT2D eigenvalue weighted by Gasteiger charge is -2.33. The van der Waals surface area contributed by atoms with Crippen LogP contribution in [0.3, 0.4) is 0 Å². The van der Waals surface area contributed by atoms with E-state index in [-0.39, 0.29) is 57.4 Å². The lowest BCUT2D eigenvalue weighted by molar-refractivity contribution is -0.143. The number of carboxylic acid groups (broad SMARTS) is 1. The van der Waals surface area contributed by atoms with Crippen LogP contribution in [0.15, 0.2) is 59.5 Å². The first-order valence-corrected chi connectivity index (χ1v) is 15.8. The second kappa shape index (κ2) is 14.0. The summed E-state index contributed by atoms with van der Waals surface area (Å²) in [6.45, 7) is 1.21. The molecule has 0 aromatic heterocycles. The number of sulfone groups is 1. The minimum atomic E-state index is -4.01. The number of carbonyl (C=O) groups excluding carboxylic acids is 3. The van der Waals surface area contributed by atoms with Gasteiger partial charge in [-0.25, -0.2) is 22.0 Å². The highest BCUT2D eigenvalue weighted by Gasteiger charge is 2.46. The summed E-state index contributed by atoms with van der Waals surface area (Å²) in [5, 5.41) is 15.4. The molecule has 1 saturated heterocycles. The summed E-state index contributed by atoms with van der Waals surface area (Å²) in [6, 6.07) is 7.42. The predicted molar refractivity (Wildman–Crippen MR) is 165 cm³/mol. The summed E-state index contributed by atoms with van der Waals surface area (Å²) >= 11 is 0. The van der Waals surface area contributed by atoms with E-state index in [1.165, 1.54) is 44.4 Å². The molecule has 1 fully saturated rings. The van der Waals surface area contributed by atoms with Gasteiger partial charge in [-0.05, 0) is 66.1 Å². The molecule has 4 rings (SSSR count). The molecule has 3 atom stereocenters. The average molecular weight is 675 g/mol. The molecule has 13 nitrogen and oxygen atoms in total. The molecule has 3 aromatic carbocycles. The number of benzene rings is 3. The standard InChI is InChI=1S/C31H32F2N4O9S/c1-4-47(43,44)25-10-7-18(35-31(42)46-3)15-20(25)27-19(30(40)41)11-12-37(27)29(39)26(16-5-9-22(33)24(14-16)45-2)36-23-13-17(28(34)38)6-8-21(23)32/h5-10,13-15,19,26-27,36H,4,11-12H2,1-3H3,(H2,34,38)(H,35,42)(H,40,41)/t19-,26+,27-/m0/s1. The van der Waals surface area contributed by atoms with Gasteiger partial charge in [0.1, 0.15) is 11.9 Å². The largest absolute Gasteiger partial charge is 0.494 e. The number of hydrogen-bond acceptors (Lipinski definition) is 9. The maximum Gasteiger partial charge on any atom is 0.411 e. The Bertz CT molecular complexity index is 1840. The third kappa shape index (κ3) is 7.27. The number of nitrogens with zero attached hydrogens (tertiary/aromatic N) is 1. The van der Waals surface area contributed by atoms with Gasteiger partial charge in [-0.1, -0.05) is 13.0 Å². The summed E-state index contributed by atoms with van der Waals surface area (Å²) in [5.74, 6) is -6.62. The number of halogens is 2. The van der Waals surface area contributed by atoms with Gasteiger partial charge in [-0.3, -0.25) is 19.7 Å². The van der Waals surface area contributed by atoms with E-state index in [9.17, 15) is 37.1 Å². The van der Waals surface area contributed by atoms with Gasteiger partial charge < -0.3 is 30.5 Å². The Kier molecular flexibility index (Phi) is 10.3. The van der Waals surface area contributed by atoms with Crippen LogP contribution in [-0.2, 0) is 24.2 Å². The number of primary amides is 1. The number of aliphatic carboxylic acids is 1. The zero-order chi connectivity index (χ0) is 34.6. The van der Waals surface area contributed by atoms with E-state index < -0.39 is 63.4 Å². The molecular formula is C31H32F2N4O9S. The molecule has 1 heterocycles. The lowest BCUT2D eigenvalue weighted by atomic mass is 9.92. The zero-order valence-corrected chi connectivity index (χ0v) is 26.3. The fourth-order valence-corrected chi connectivity index (χ4v) is 6.53. The van der Waals surface area contributed by atoms with Crippen LogP contribution in [0.25, 0.3) is 0 Å². The minimum Gasteiger partial charge on any atom is -0.494 e. The van der Waals surface area contributed by atoms with Crippen molar-refractivity contribution in [3.63, 3.8) is 0 Å². The van der Waals surface area contributed by atoms with E-state index in [0.29, 0.717) is 0 Å². The summed E-state index contributed by atoms with van der Waals surface area (Å²) in [4.78, 5) is 51.8. The molecule has 0 aliphatic carbocycles. The smallest absolute Gasteiger partial charge is 0.411 e. The maximum atomic E-state index is 15.1. The van der Waals surface area contributed by atoms with E-state index in [4.69, 9.17) is 10.5 Å². The topological polar surface area (TPSA) is 194 Å². The van der Waals surface area contributed by atoms with Crippen molar-refractivity contribution in [3.05, 3.63) is 82.9 Å². The van der Waals surface area contributed by atoms with Crippen molar-refractivity contribution < 1.29 is 51.0 Å². The molecule has 1 aliphatic heterocycles. The summed E-state index contributed by atoms with van der Waals surface area (Å²) in [5.41, 5.74) is 4.99. The third-order valence-electron chi connectivity index (χ3n) is 7.78. The maximum absolute atomic E-state index is 15.1. The highest BCUT2D eigenvalue weighted by molar-refractivity contribution is 7.91. The van der Waals surface area contributed by atoms with Crippen molar-refractivity contribution in [2.45, 2.75) is 30.3 Å². The molecule has 16 heteroatoms. The number of rotatable bonds is 11. The number of nitrogens with two attached hydrogens (primary N) is 1. The van der Waals surface area contributed by atoms with Gasteiger partial charge in [0.15, 0.2) is 21.4 Å². The molecule has 0 spiro atoms. The highest BCUT2D eigenvalue weighted by atomic mass is 32.2. The molecule has 0 radical (unpaired) electrons. The fraction of sp³-hybridized carbons (Fsp3) is 0.290. The van der Waals surface area contributed by atoms with Crippen LogP contribution in [0.1, 0.15) is 46.9 Å². The summed E-state index contributed by atoms with van der Waals surface area (Å²) in [7, 11) is -1.70. The van der Waals surface area contributed by atoms with Gasteiger partial charge in [-0.2, -0.15) is 0 Å². The number of amides is 3. The Labute approximate surface area is 268 Å². The number of anilines is 2. The highest BCUT2D eigenvalue weighted by Crippen LogP contribution is 2.43. The van der Waals surface area contributed by atoms with E-state index in [1.54, 1.807) is 0 Å². The van der Waals surface area contributed by atoms with Crippen molar-refractivity contribution in [2.24, 2.45) is 11.7 Å². The molecular weight excluding hydrogens is 642 g/mol. The summed E-state index contributed by atoms with van der Waals surface area (Å²) < 4.78 is 65.7. The molecule has 250 valence electrons. The van der Waals surface area contributed by atoms with Crippen molar-refractivity contribution in [1.29, 1.82) is 0 Å². The number of methoxy groups -OCH3 is 2.